The second kappa shape index (κ2) is 9.35. The van der Waals surface area contributed by atoms with Gasteiger partial charge in [-0.2, -0.15) is 0 Å². The second-order valence-electron chi connectivity index (χ2n) is 7.56. The van der Waals surface area contributed by atoms with E-state index in [4.69, 9.17) is 4.99 Å². The number of carbonyl (C=O) groups excluding carboxylic acids is 1. The van der Waals surface area contributed by atoms with Gasteiger partial charge in [-0.25, -0.2) is 4.99 Å². The van der Waals surface area contributed by atoms with Gasteiger partial charge < -0.3 is 15.4 Å². The lowest BCUT2D eigenvalue weighted by atomic mass is 10.0. The number of nitrogens with one attached hydrogen (secondary N) is 2. The Morgan fingerprint density at radius 3 is 2.48 bits per heavy atom. The molecule has 4 aromatic rings. The molecule has 0 atom stereocenters. The Morgan fingerprint density at radius 1 is 1.09 bits per heavy atom. The number of nitro benzene ring substituents is 1. The highest BCUT2D eigenvalue weighted by molar-refractivity contribution is 6.22. The number of fused-ring (bicyclic) bond motifs is 1. The van der Waals surface area contributed by atoms with Crippen molar-refractivity contribution in [3.63, 3.8) is 0 Å². The molecule has 0 aliphatic heterocycles. The fourth-order valence-corrected chi connectivity index (χ4v) is 3.63. The number of nitrogens with zero attached hydrogens (tertiary/aromatic N) is 2. The van der Waals surface area contributed by atoms with Gasteiger partial charge in [0, 0.05) is 42.1 Å². The summed E-state index contributed by atoms with van der Waals surface area (Å²) in [7, 11) is 0. The smallest absolute Gasteiger partial charge is 0.270 e. The topological polar surface area (TPSA) is 121 Å². The Hall–Kier alpha value is -4.46. The number of aromatic hydroxyl groups is 1. The van der Waals surface area contributed by atoms with Crippen LogP contribution in [-0.4, -0.2) is 33.2 Å². The van der Waals surface area contributed by atoms with E-state index in [1.807, 2.05) is 54.6 Å². The second-order valence-corrected chi connectivity index (χ2v) is 7.56. The van der Waals surface area contributed by atoms with E-state index in [0.717, 1.165) is 11.1 Å². The molecule has 0 radical (unpaired) electrons. The molecule has 8 nitrogen and oxygen atoms in total. The molecule has 1 heterocycles. The predicted molar refractivity (Wildman–Crippen MR) is 127 cm³/mol. The molecule has 0 fully saturated rings. The summed E-state index contributed by atoms with van der Waals surface area (Å²) in [5.41, 5.74) is 3.87. The van der Waals surface area contributed by atoms with Crippen molar-refractivity contribution in [1.29, 1.82) is 0 Å². The molecule has 166 valence electrons. The Bertz CT molecular complexity index is 1340. The van der Waals surface area contributed by atoms with Gasteiger partial charge in [0.15, 0.2) is 5.88 Å². The minimum absolute atomic E-state index is 0.0671. The van der Waals surface area contributed by atoms with Crippen LogP contribution in [0, 0.1) is 10.1 Å². The maximum Gasteiger partial charge on any atom is 0.270 e. The first kappa shape index (κ1) is 21.8. The highest BCUT2D eigenvalue weighted by atomic mass is 16.6. The summed E-state index contributed by atoms with van der Waals surface area (Å²) >= 11 is 0. The standard InChI is InChI=1S/C25H22N4O4/c1-16(30)26-14-13-17-7-9-19(10-8-17)27-24(18-5-3-2-4-6-18)23-21-15-20(29(32)33)11-12-22(21)28-25(23)31/h2-12,15,28,31H,13-14H2,1H3,(H,26,30). The van der Waals surface area contributed by atoms with E-state index in [1.165, 1.54) is 19.1 Å². The van der Waals surface area contributed by atoms with Crippen molar-refractivity contribution in [2.24, 2.45) is 4.99 Å². The molecule has 0 saturated heterocycles. The van der Waals surface area contributed by atoms with Gasteiger partial charge in [-0.15, -0.1) is 0 Å². The van der Waals surface area contributed by atoms with Crippen LogP contribution in [0.25, 0.3) is 10.9 Å². The van der Waals surface area contributed by atoms with Crippen LogP contribution in [0.1, 0.15) is 23.6 Å². The number of amides is 1. The third-order valence-electron chi connectivity index (χ3n) is 5.22. The molecule has 3 N–H and O–H groups in total. The fraction of sp³-hybridized carbons (Fsp3) is 0.120. The molecular formula is C25H22N4O4. The Labute approximate surface area is 189 Å². The molecule has 4 rings (SSSR count). The summed E-state index contributed by atoms with van der Waals surface area (Å²) in [6, 6.07) is 21.3. The van der Waals surface area contributed by atoms with E-state index in [1.54, 1.807) is 6.07 Å². The minimum atomic E-state index is -0.466. The van der Waals surface area contributed by atoms with Crippen LogP contribution in [0.2, 0.25) is 0 Å². The Balaban J connectivity index is 1.78. The van der Waals surface area contributed by atoms with Crippen molar-refractivity contribution in [3.8, 4) is 5.88 Å². The van der Waals surface area contributed by atoms with Gasteiger partial charge in [-0.3, -0.25) is 14.9 Å². The summed E-state index contributed by atoms with van der Waals surface area (Å²) in [4.78, 5) is 29.6. The van der Waals surface area contributed by atoms with Crippen molar-refractivity contribution >= 4 is 33.9 Å². The highest BCUT2D eigenvalue weighted by Gasteiger charge is 2.20. The average molecular weight is 442 g/mol. The van der Waals surface area contributed by atoms with Gasteiger partial charge in [0.1, 0.15) is 0 Å². The molecular weight excluding hydrogens is 420 g/mol. The van der Waals surface area contributed by atoms with Crippen LogP contribution in [0.5, 0.6) is 5.88 Å². The normalized spacial score (nSPS) is 11.5. The third kappa shape index (κ3) is 4.90. The van der Waals surface area contributed by atoms with E-state index < -0.39 is 4.92 Å². The van der Waals surface area contributed by atoms with Crippen molar-refractivity contribution in [2.75, 3.05) is 6.54 Å². The molecule has 33 heavy (non-hydrogen) atoms. The lowest BCUT2D eigenvalue weighted by Crippen LogP contribution is -2.22. The van der Waals surface area contributed by atoms with Crippen LogP contribution >= 0.6 is 0 Å². The number of hydrogen-bond donors (Lipinski definition) is 3. The molecule has 1 amide bonds. The van der Waals surface area contributed by atoms with Crippen LogP contribution in [0.15, 0.2) is 77.8 Å². The summed E-state index contributed by atoms with van der Waals surface area (Å²) in [6.45, 7) is 2.03. The first-order chi connectivity index (χ1) is 15.9. The predicted octanol–water partition coefficient (Wildman–Crippen LogP) is 4.63. The van der Waals surface area contributed by atoms with Gasteiger partial charge >= 0.3 is 0 Å². The highest BCUT2D eigenvalue weighted by Crippen LogP contribution is 2.33. The minimum Gasteiger partial charge on any atom is -0.494 e. The van der Waals surface area contributed by atoms with E-state index in [0.29, 0.717) is 40.8 Å². The van der Waals surface area contributed by atoms with Crippen molar-refractivity contribution in [1.82, 2.24) is 10.3 Å². The maximum absolute atomic E-state index is 11.3. The Morgan fingerprint density at radius 2 is 1.82 bits per heavy atom. The number of aliphatic imine (C=N–C) groups is 1. The summed E-state index contributed by atoms with van der Waals surface area (Å²) in [5, 5.41) is 25.3. The van der Waals surface area contributed by atoms with Gasteiger partial charge in [0.25, 0.3) is 5.69 Å². The van der Waals surface area contributed by atoms with E-state index in [-0.39, 0.29) is 17.5 Å². The fourth-order valence-electron chi connectivity index (χ4n) is 3.63. The number of H-pyrrole nitrogens is 1. The van der Waals surface area contributed by atoms with E-state index >= 15 is 0 Å². The monoisotopic (exact) mass is 442 g/mol. The van der Waals surface area contributed by atoms with Crippen LogP contribution in [0.4, 0.5) is 11.4 Å². The summed E-state index contributed by atoms with van der Waals surface area (Å²) < 4.78 is 0. The quantitative estimate of drug-likeness (QED) is 0.219. The number of carbonyl (C=O) groups is 1. The first-order valence-electron chi connectivity index (χ1n) is 10.4. The molecule has 0 aliphatic carbocycles. The molecule has 0 bridgehead atoms. The molecule has 3 aromatic carbocycles. The number of nitro groups is 1. The number of aromatic amines is 1. The first-order valence-corrected chi connectivity index (χ1v) is 10.4. The third-order valence-corrected chi connectivity index (χ3v) is 5.22. The zero-order chi connectivity index (χ0) is 23.4. The lowest BCUT2D eigenvalue weighted by molar-refractivity contribution is -0.384. The Kier molecular flexibility index (Phi) is 6.17. The molecule has 8 heteroatoms. The number of rotatable bonds is 7. The largest absolute Gasteiger partial charge is 0.494 e. The lowest BCUT2D eigenvalue weighted by Gasteiger charge is -2.08. The molecule has 1 aromatic heterocycles. The SMILES string of the molecule is CC(=O)NCCc1ccc(N=C(c2ccccc2)c2c(O)[nH]c3ccc([N+](=O)[O-])cc23)cc1. The van der Waals surface area contributed by atoms with Crippen LogP contribution < -0.4 is 5.32 Å². The van der Waals surface area contributed by atoms with E-state index in [9.17, 15) is 20.0 Å². The van der Waals surface area contributed by atoms with Gasteiger partial charge in [-0.1, -0.05) is 42.5 Å². The van der Waals surface area contributed by atoms with Crippen molar-refractivity contribution in [2.45, 2.75) is 13.3 Å². The molecule has 0 saturated carbocycles. The number of aromatic nitrogens is 1. The number of non-ortho nitro benzene ring substituents is 1. The van der Waals surface area contributed by atoms with Crippen molar-refractivity contribution in [3.05, 3.63) is 99.6 Å². The number of hydrogen-bond acceptors (Lipinski definition) is 5. The number of benzene rings is 3. The average Bonchev–Trinajstić information content (AvgIpc) is 3.13. The zero-order valence-corrected chi connectivity index (χ0v) is 17.9. The van der Waals surface area contributed by atoms with Gasteiger partial charge in [0.05, 0.1) is 21.9 Å². The van der Waals surface area contributed by atoms with Gasteiger partial charge in [0.2, 0.25) is 5.91 Å². The molecule has 0 unspecified atom stereocenters. The molecule has 0 spiro atoms. The van der Waals surface area contributed by atoms with Gasteiger partial charge in [-0.05, 0) is 30.2 Å². The summed E-state index contributed by atoms with van der Waals surface area (Å²) in [5.74, 6) is -0.178. The van der Waals surface area contributed by atoms with Crippen LogP contribution in [-0.2, 0) is 11.2 Å². The van der Waals surface area contributed by atoms with Crippen molar-refractivity contribution < 1.29 is 14.8 Å². The zero-order valence-electron chi connectivity index (χ0n) is 17.9. The van der Waals surface area contributed by atoms with Crippen LogP contribution in [0.3, 0.4) is 0 Å². The molecule has 0 aliphatic rings. The maximum atomic E-state index is 11.3. The summed E-state index contributed by atoms with van der Waals surface area (Å²) in [6.07, 6.45) is 0.696. The van der Waals surface area contributed by atoms with E-state index in [2.05, 4.69) is 10.3 Å².